The molecule has 2 aliphatic heterocycles. The van der Waals surface area contributed by atoms with Gasteiger partial charge in [-0.3, -0.25) is 9.59 Å². The number of nitrogens with one attached hydrogen (secondary N) is 2. The molecule has 3 aromatic rings. The molecule has 30 heavy (non-hydrogen) atoms. The van der Waals surface area contributed by atoms with Crippen molar-refractivity contribution in [2.75, 3.05) is 23.3 Å². The molecule has 0 aromatic carbocycles. The van der Waals surface area contributed by atoms with E-state index in [1.165, 1.54) is 16.2 Å². The molecule has 2 aliphatic rings. The highest BCUT2D eigenvalue weighted by Crippen LogP contribution is 2.45. The first-order valence-corrected chi connectivity index (χ1v) is 10.4. The summed E-state index contributed by atoms with van der Waals surface area (Å²) in [6.45, 7) is 1.19. The van der Waals surface area contributed by atoms with Gasteiger partial charge in [-0.1, -0.05) is 6.07 Å². The van der Waals surface area contributed by atoms with E-state index in [1.54, 1.807) is 35.5 Å². The number of amides is 4. The second kappa shape index (κ2) is 7.38. The van der Waals surface area contributed by atoms with Crippen molar-refractivity contribution >= 4 is 57.1 Å². The minimum Gasteiger partial charge on any atom is -0.347 e. The fraction of sp³-hybridized carbons (Fsp3) is 0.250. The Bertz CT molecular complexity index is 1150. The van der Waals surface area contributed by atoms with Gasteiger partial charge in [-0.25, -0.2) is 19.7 Å². The van der Waals surface area contributed by atoms with Gasteiger partial charge in [0.25, 0.3) is 5.91 Å². The number of piperidine rings is 1. The van der Waals surface area contributed by atoms with Crippen LogP contribution in [0, 0.1) is 0 Å². The summed E-state index contributed by atoms with van der Waals surface area (Å²) in [5, 5.41) is 6.57. The number of nitrogens with zero attached hydrogens (tertiary/aromatic N) is 4. The summed E-state index contributed by atoms with van der Waals surface area (Å²) in [6, 6.07) is 6.58. The zero-order chi connectivity index (χ0) is 20.7. The Hall–Kier alpha value is -3.53. The quantitative estimate of drug-likeness (QED) is 0.629. The molecule has 0 saturated carbocycles. The van der Waals surface area contributed by atoms with Crippen molar-refractivity contribution in [2.45, 2.75) is 18.9 Å². The van der Waals surface area contributed by atoms with Gasteiger partial charge in [-0.15, -0.1) is 11.3 Å². The molecule has 1 unspecified atom stereocenters. The molecule has 3 aromatic heterocycles. The highest BCUT2D eigenvalue weighted by molar-refractivity contribution is 7.21. The van der Waals surface area contributed by atoms with Gasteiger partial charge in [0.2, 0.25) is 6.41 Å². The standard InChI is InChI=1S/C20H18N6O3S/c27-11-25-9-3-4-12(10-25)23-18(28)17-16-15-13(6-8-22-19(15)30-17)26(20(29)24-16)14-5-1-2-7-21-14/h1-2,5-8,11-12H,3-4,9-10H2,(H,23,28)(H,24,29). The summed E-state index contributed by atoms with van der Waals surface area (Å²) in [5.41, 5.74) is 1.10. The second-order valence-electron chi connectivity index (χ2n) is 7.18. The third-order valence-electron chi connectivity index (χ3n) is 5.27. The summed E-state index contributed by atoms with van der Waals surface area (Å²) in [7, 11) is 0. The highest BCUT2D eigenvalue weighted by Gasteiger charge is 2.33. The van der Waals surface area contributed by atoms with Gasteiger partial charge in [0.05, 0.1) is 16.8 Å². The zero-order valence-corrected chi connectivity index (χ0v) is 16.7. The van der Waals surface area contributed by atoms with Crippen LogP contribution in [0.15, 0.2) is 36.7 Å². The number of carbonyl (C=O) groups excluding carboxylic acids is 3. The topological polar surface area (TPSA) is 108 Å². The number of anilines is 3. The summed E-state index contributed by atoms with van der Waals surface area (Å²) in [5.74, 6) is 0.213. The van der Waals surface area contributed by atoms with E-state index in [4.69, 9.17) is 0 Å². The van der Waals surface area contributed by atoms with Crippen molar-refractivity contribution in [2.24, 2.45) is 0 Å². The molecule has 10 heteroatoms. The van der Waals surface area contributed by atoms with E-state index in [0.29, 0.717) is 40.0 Å². The molecular formula is C20H18N6O3S. The molecule has 0 aliphatic carbocycles. The lowest BCUT2D eigenvalue weighted by Gasteiger charge is -2.30. The lowest BCUT2D eigenvalue weighted by atomic mass is 10.1. The molecular weight excluding hydrogens is 404 g/mol. The van der Waals surface area contributed by atoms with Crippen LogP contribution in [0.2, 0.25) is 0 Å². The van der Waals surface area contributed by atoms with Crippen LogP contribution in [-0.2, 0) is 4.79 Å². The van der Waals surface area contributed by atoms with Crippen LogP contribution in [0.1, 0.15) is 22.5 Å². The number of carbonyl (C=O) groups is 3. The van der Waals surface area contributed by atoms with Crippen molar-refractivity contribution < 1.29 is 14.4 Å². The predicted octanol–water partition coefficient (Wildman–Crippen LogP) is 2.73. The maximum absolute atomic E-state index is 13.0. The van der Waals surface area contributed by atoms with Crippen LogP contribution >= 0.6 is 11.3 Å². The minimum absolute atomic E-state index is 0.120. The van der Waals surface area contributed by atoms with Crippen LogP contribution in [-0.4, -0.2) is 52.3 Å². The second-order valence-corrected chi connectivity index (χ2v) is 8.18. The van der Waals surface area contributed by atoms with E-state index in [1.807, 2.05) is 6.07 Å². The van der Waals surface area contributed by atoms with Crippen LogP contribution in [0.5, 0.6) is 0 Å². The molecule has 0 spiro atoms. The van der Waals surface area contributed by atoms with E-state index < -0.39 is 0 Å². The lowest BCUT2D eigenvalue weighted by molar-refractivity contribution is -0.119. The van der Waals surface area contributed by atoms with Crippen LogP contribution in [0.25, 0.3) is 10.2 Å². The maximum atomic E-state index is 13.0. The normalized spacial score (nSPS) is 18.3. The molecule has 0 bridgehead atoms. The molecule has 2 N–H and O–H groups in total. The van der Waals surface area contributed by atoms with Gasteiger partial charge in [-0.2, -0.15) is 0 Å². The Morgan fingerprint density at radius 2 is 2.17 bits per heavy atom. The summed E-state index contributed by atoms with van der Waals surface area (Å²) in [6.07, 6.45) is 5.70. The third-order valence-corrected chi connectivity index (χ3v) is 6.36. The molecule has 152 valence electrons. The molecule has 5 rings (SSSR count). The molecule has 1 fully saturated rings. The largest absolute Gasteiger partial charge is 0.347 e. The third kappa shape index (κ3) is 3.05. The van der Waals surface area contributed by atoms with E-state index in [0.717, 1.165) is 24.6 Å². The lowest BCUT2D eigenvalue weighted by Crippen LogP contribution is -2.47. The van der Waals surface area contributed by atoms with Crippen LogP contribution < -0.4 is 15.5 Å². The number of urea groups is 1. The first kappa shape index (κ1) is 18.5. The van der Waals surface area contributed by atoms with E-state index >= 15 is 0 Å². The predicted molar refractivity (Wildman–Crippen MR) is 113 cm³/mol. The molecule has 5 heterocycles. The Kier molecular flexibility index (Phi) is 4.55. The average Bonchev–Trinajstić information content (AvgIpc) is 3.14. The molecule has 4 amide bonds. The molecule has 1 saturated heterocycles. The average molecular weight is 422 g/mol. The first-order valence-electron chi connectivity index (χ1n) is 9.59. The minimum atomic E-state index is -0.383. The van der Waals surface area contributed by atoms with Crippen LogP contribution in [0.4, 0.5) is 22.0 Å². The van der Waals surface area contributed by atoms with Gasteiger partial charge in [0, 0.05) is 31.5 Å². The van der Waals surface area contributed by atoms with Crippen molar-refractivity contribution in [3.63, 3.8) is 0 Å². The SMILES string of the molecule is O=CN1CCCC(NC(=O)c2sc3nccc4c3c2NC(=O)N4c2ccccn2)C1. The number of likely N-dealkylation sites (tertiary alicyclic amines) is 1. The number of rotatable bonds is 4. The van der Waals surface area contributed by atoms with Crippen molar-refractivity contribution in [3.8, 4) is 0 Å². The number of hydrogen-bond acceptors (Lipinski definition) is 6. The van der Waals surface area contributed by atoms with Crippen molar-refractivity contribution in [1.29, 1.82) is 0 Å². The summed E-state index contributed by atoms with van der Waals surface area (Å²) < 4.78 is 0. The summed E-state index contributed by atoms with van der Waals surface area (Å²) >= 11 is 1.24. The number of pyridine rings is 2. The summed E-state index contributed by atoms with van der Waals surface area (Å²) in [4.78, 5) is 49.9. The maximum Gasteiger partial charge on any atom is 0.332 e. The number of hydrogen-bond donors (Lipinski definition) is 2. The van der Waals surface area contributed by atoms with Crippen LogP contribution in [0.3, 0.4) is 0 Å². The van der Waals surface area contributed by atoms with Crippen molar-refractivity contribution in [1.82, 2.24) is 20.2 Å². The highest BCUT2D eigenvalue weighted by atomic mass is 32.1. The molecule has 9 nitrogen and oxygen atoms in total. The Balaban J connectivity index is 1.52. The van der Waals surface area contributed by atoms with Gasteiger partial charge in [0.15, 0.2) is 0 Å². The van der Waals surface area contributed by atoms with E-state index in [9.17, 15) is 14.4 Å². The smallest absolute Gasteiger partial charge is 0.332 e. The number of aromatic nitrogens is 2. The first-order chi connectivity index (χ1) is 14.7. The fourth-order valence-corrected chi connectivity index (χ4v) is 4.95. The molecule has 0 radical (unpaired) electrons. The van der Waals surface area contributed by atoms with Crippen molar-refractivity contribution in [3.05, 3.63) is 41.5 Å². The van der Waals surface area contributed by atoms with Gasteiger partial charge in [0.1, 0.15) is 15.5 Å². The Morgan fingerprint density at radius 3 is 2.97 bits per heavy atom. The fourth-order valence-electron chi connectivity index (χ4n) is 3.93. The molecule has 1 atom stereocenters. The van der Waals surface area contributed by atoms with E-state index in [2.05, 4.69) is 20.6 Å². The zero-order valence-electron chi connectivity index (χ0n) is 15.9. The number of thiophene rings is 1. The van der Waals surface area contributed by atoms with Gasteiger partial charge in [-0.05, 0) is 31.0 Å². The van der Waals surface area contributed by atoms with Gasteiger partial charge >= 0.3 is 6.03 Å². The van der Waals surface area contributed by atoms with E-state index in [-0.39, 0.29) is 18.0 Å². The Labute approximate surface area is 175 Å². The monoisotopic (exact) mass is 422 g/mol. The Morgan fingerprint density at radius 1 is 1.27 bits per heavy atom. The van der Waals surface area contributed by atoms with Gasteiger partial charge < -0.3 is 15.5 Å².